The molecule has 1 saturated heterocycles. The first-order valence-corrected chi connectivity index (χ1v) is 7.29. The first kappa shape index (κ1) is 15.7. The van der Waals surface area contributed by atoms with Crippen molar-refractivity contribution in [2.75, 3.05) is 46.2 Å². The fourth-order valence-electron chi connectivity index (χ4n) is 2.57. The molecular weight excluding hydrogens is 266 g/mol. The van der Waals surface area contributed by atoms with Crippen LogP contribution in [0.25, 0.3) is 0 Å². The van der Waals surface area contributed by atoms with Crippen LogP contribution < -0.4 is 4.90 Å². The van der Waals surface area contributed by atoms with E-state index in [1.165, 1.54) is 4.90 Å². The molecular formula is C15H25N5O. The molecule has 6 nitrogen and oxygen atoms in total. The van der Waals surface area contributed by atoms with Gasteiger partial charge in [0, 0.05) is 44.5 Å². The van der Waals surface area contributed by atoms with Crippen molar-refractivity contribution in [2.24, 2.45) is 0 Å². The molecule has 0 bridgehead atoms. The molecule has 0 radical (unpaired) electrons. The Labute approximate surface area is 126 Å². The number of aryl methyl sites for hydroxylation is 1. The molecule has 1 fully saturated rings. The number of amides is 1. The second kappa shape index (κ2) is 5.97. The third kappa shape index (κ3) is 3.15. The van der Waals surface area contributed by atoms with Crippen molar-refractivity contribution in [1.29, 1.82) is 0 Å². The average Bonchev–Trinajstić information content (AvgIpc) is 2.90. The zero-order valence-corrected chi connectivity index (χ0v) is 13.8. The molecule has 21 heavy (non-hydrogen) atoms. The summed E-state index contributed by atoms with van der Waals surface area (Å²) in [4.78, 5) is 27.0. The normalized spacial score (nSPS) is 18.4. The Morgan fingerprint density at radius 2 is 1.86 bits per heavy atom. The smallest absolute Gasteiger partial charge is 0.291 e. The van der Waals surface area contributed by atoms with Gasteiger partial charge < -0.3 is 14.7 Å². The van der Waals surface area contributed by atoms with Crippen LogP contribution in [0.4, 0.5) is 5.82 Å². The lowest BCUT2D eigenvalue weighted by atomic mass is 10.2. The van der Waals surface area contributed by atoms with Crippen LogP contribution in [-0.2, 0) is 0 Å². The number of nitrogens with zero attached hydrogens (tertiary/aromatic N) is 5. The standard InChI is InChI=1S/C15H25N5O/c1-10-11(2)16-13(15(21)19(5)6)17-14(10)20-8-7-12(9-20)18(3)4/h12H,7-9H2,1-6H3/t12-/m1/s1. The van der Waals surface area contributed by atoms with Crippen LogP contribution in [0.15, 0.2) is 0 Å². The average molecular weight is 291 g/mol. The van der Waals surface area contributed by atoms with E-state index in [4.69, 9.17) is 0 Å². The van der Waals surface area contributed by atoms with E-state index >= 15 is 0 Å². The van der Waals surface area contributed by atoms with Gasteiger partial charge in [-0.05, 0) is 34.4 Å². The number of likely N-dealkylation sites (N-methyl/N-ethyl adjacent to an activating group) is 1. The highest BCUT2D eigenvalue weighted by molar-refractivity contribution is 5.90. The summed E-state index contributed by atoms with van der Waals surface area (Å²) in [5.41, 5.74) is 1.93. The number of hydrogen-bond donors (Lipinski definition) is 0. The van der Waals surface area contributed by atoms with Crippen molar-refractivity contribution in [3.8, 4) is 0 Å². The summed E-state index contributed by atoms with van der Waals surface area (Å²) < 4.78 is 0. The molecule has 1 atom stereocenters. The highest BCUT2D eigenvalue weighted by Crippen LogP contribution is 2.25. The number of anilines is 1. The minimum Gasteiger partial charge on any atom is -0.355 e. The van der Waals surface area contributed by atoms with Crippen LogP contribution in [0.1, 0.15) is 28.3 Å². The van der Waals surface area contributed by atoms with Gasteiger partial charge in [0.15, 0.2) is 0 Å². The molecule has 0 spiro atoms. The van der Waals surface area contributed by atoms with Gasteiger partial charge in [0.1, 0.15) is 5.82 Å². The minimum absolute atomic E-state index is 0.150. The molecule has 1 aromatic rings. The fourth-order valence-corrected chi connectivity index (χ4v) is 2.57. The van der Waals surface area contributed by atoms with E-state index in [0.29, 0.717) is 6.04 Å². The largest absolute Gasteiger partial charge is 0.355 e. The fraction of sp³-hybridized carbons (Fsp3) is 0.667. The van der Waals surface area contributed by atoms with E-state index in [0.717, 1.165) is 36.6 Å². The zero-order valence-electron chi connectivity index (χ0n) is 13.8. The Morgan fingerprint density at radius 1 is 1.19 bits per heavy atom. The van der Waals surface area contributed by atoms with Crippen molar-refractivity contribution in [1.82, 2.24) is 19.8 Å². The highest BCUT2D eigenvalue weighted by atomic mass is 16.2. The lowest BCUT2D eigenvalue weighted by Gasteiger charge is -2.23. The summed E-state index contributed by atoms with van der Waals surface area (Å²) in [5, 5.41) is 0. The summed E-state index contributed by atoms with van der Waals surface area (Å²) >= 11 is 0. The highest BCUT2D eigenvalue weighted by Gasteiger charge is 2.27. The SMILES string of the molecule is Cc1nc(C(=O)N(C)C)nc(N2CC[C@@H](N(C)C)C2)c1C. The van der Waals surface area contributed by atoms with Crippen LogP contribution >= 0.6 is 0 Å². The third-order valence-corrected chi connectivity index (χ3v) is 4.15. The van der Waals surface area contributed by atoms with E-state index in [9.17, 15) is 4.79 Å². The van der Waals surface area contributed by atoms with Crippen LogP contribution in [0, 0.1) is 13.8 Å². The molecule has 0 aromatic carbocycles. The molecule has 0 N–H and O–H groups in total. The summed E-state index contributed by atoms with van der Waals surface area (Å²) in [7, 11) is 7.65. The summed E-state index contributed by atoms with van der Waals surface area (Å²) in [5.74, 6) is 1.03. The Kier molecular flexibility index (Phi) is 4.46. The van der Waals surface area contributed by atoms with E-state index in [2.05, 4.69) is 33.9 Å². The maximum Gasteiger partial charge on any atom is 0.291 e. The van der Waals surface area contributed by atoms with Gasteiger partial charge in [-0.3, -0.25) is 4.79 Å². The molecule has 6 heteroatoms. The molecule has 1 aromatic heterocycles. The first-order chi connectivity index (χ1) is 9.81. The number of aromatic nitrogens is 2. The number of carbonyl (C=O) groups excluding carboxylic acids is 1. The van der Waals surface area contributed by atoms with Gasteiger partial charge in [0.05, 0.1) is 0 Å². The monoisotopic (exact) mass is 291 g/mol. The van der Waals surface area contributed by atoms with Gasteiger partial charge in [-0.2, -0.15) is 0 Å². The second-order valence-corrected chi connectivity index (χ2v) is 6.13. The van der Waals surface area contributed by atoms with Gasteiger partial charge in [-0.25, -0.2) is 9.97 Å². The molecule has 1 aliphatic rings. The lowest BCUT2D eigenvalue weighted by Crippen LogP contribution is -2.32. The Balaban J connectivity index is 2.33. The third-order valence-electron chi connectivity index (χ3n) is 4.15. The van der Waals surface area contributed by atoms with Crippen LogP contribution in [0.2, 0.25) is 0 Å². The molecule has 0 unspecified atom stereocenters. The van der Waals surface area contributed by atoms with Gasteiger partial charge in [0.25, 0.3) is 5.91 Å². The number of carbonyl (C=O) groups is 1. The molecule has 2 rings (SSSR count). The van der Waals surface area contributed by atoms with Gasteiger partial charge >= 0.3 is 0 Å². The molecule has 2 heterocycles. The Bertz CT molecular complexity index is 541. The van der Waals surface area contributed by atoms with Crippen molar-refractivity contribution in [3.05, 3.63) is 17.1 Å². The molecule has 1 aliphatic heterocycles. The quantitative estimate of drug-likeness (QED) is 0.829. The maximum absolute atomic E-state index is 12.1. The Morgan fingerprint density at radius 3 is 2.38 bits per heavy atom. The molecule has 0 saturated carbocycles. The van der Waals surface area contributed by atoms with Gasteiger partial charge in [-0.1, -0.05) is 0 Å². The molecule has 116 valence electrons. The van der Waals surface area contributed by atoms with E-state index in [1.807, 2.05) is 13.8 Å². The first-order valence-electron chi connectivity index (χ1n) is 7.29. The minimum atomic E-state index is -0.150. The second-order valence-electron chi connectivity index (χ2n) is 6.13. The predicted octanol–water partition coefficient (Wildman–Crippen LogP) is 0.936. The topological polar surface area (TPSA) is 52.6 Å². The van der Waals surface area contributed by atoms with Gasteiger partial charge in [-0.15, -0.1) is 0 Å². The molecule has 1 amide bonds. The maximum atomic E-state index is 12.1. The summed E-state index contributed by atoms with van der Waals surface area (Å²) in [6.45, 7) is 5.87. The lowest BCUT2D eigenvalue weighted by molar-refractivity contribution is 0.0815. The van der Waals surface area contributed by atoms with E-state index in [1.54, 1.807) is 14.1 Å². The van der Waals surface area contributed by atoms with Crippen molar-refractivity contribution >= 4 is 11.7 Å². The Hall–Kier alpha value is -1.69. The van der Waals surface area contributed by atoms with Crippen molar-refractivity contribution in [2.45, 2.75) is 26.3 Å². The molecule has 0 aliphatic carbocycles. The predicted molar refractivity (Wildman–Crippen MR) is 83.8 cm³/mol. The van der Waals surface area contributed by atoms with Crippen LogP contribution in [0.5, 0.6) is 0 Å². The number of rotatable bonds is 3. The van der Waals surface area contributed by atoms with Crippen molar-refractivity contribution in [3.63, 3.8) is 0 Å². The van der Waals surface area contributed by atoms with Gasteiger partial charge in [0.2, 0.25) is 5.82 Å². The van der Waals surface area contributed by atoms with E-state index in [-0.39, 0.29) is 11.7 Å². The van der Waals surface area contributed by atoms with E-state index < -0.39 is 0 Å². The van der Waals surface area contributed by atoms with Crippen LogP contribution in [-0.4, -0.2) is 73.0 Å². The zero-order chi connectivity index (χ0) is 15.7. The summed E-state index contributed by atoms with van der Waals surface area (Å²) in [6.07, 6.45) is 1.12. The summed E-state index contributed by atoms with van der Waals surface area (Å²) in [6, 6.07) is 0.535. The van der Waals surface area contributed by atoms with Crippen LogP contribution in [0.3, 0.4) is 0 Å². The van der Waals surface area contributed by atoms with Crippen molar-refractivity contribution < 1.29 is 4.79 Å². The number of hydrogen-bond acceptors (Lipinski definition) is 5.